The number of hydrogen-bond donors (Lipinski definition) is 1. The van der Waals surface area contributed by atoms with Gasteiger partial charge in [0.25, 0.3) is 5.56 Å². The number of rotatable bonds is 3. The summed E-state index contributed by atoms with van der Waals surface area (Å²) in [7, 11) is 1.22. The van der Waals surface area contributed by atoms with E-state index in [4.69, 9.17) is 0 Å². The van der Waals surface area contributed by atoms with Crippen molar-refractivity contribution in [2.24, 2.45) is 0 Å². The van der Waals surface area contributed by atoms with Crippen LogP contribution in [0.15, 0.2) is 16.9 Å². The van der Waals surface area contributed by atoms with Gasteiger partial charge >= 0.3 is 5.97 Å². The average Bonchev–Trinajstić information content (AvgIpc) is 2.80. The SMILES string of the molecule is COC(=O)C(C)(O)Cn1c2c(ccc1=O)CCC2. The molecule has 1 atom stereocenters. The van der Waals surface area contributed by atoms with E-state index >= 15 is 0 Å². The van der Waals surface area contributed by atoms with Crippen molar-refractivity contribution in [3.8, 4) is 0 Å². The monoisotopic (exact) mass is 251 g/mol. The zero-order valence-electron chi connectivity index (χ0n) is 10.6. The molecule has 2 rings (SSSR count). The molecule has 1 N–H and O–H groups in total. The summed E-state index contributed by atoms with van der Waals surface area (Å²) in [6.07, 6.45) is 2.75. The zero-order chi connectivity index (χ0) is 13.3. The lowest BCUT2D eigenvalue weighted by atomic mass is 10.1. The molecule has 0 fully saturated rings. The third kappa shape index (κ3) is 2.18. The first-order valence-corrected chi connectivity index (χ1v) is 5.98. The highest BCUT2D eigenvalue weighted by molar-refractivity contribution is 5.78. The van der Waals surface area contributed by atoms with Crippen molar-refractivity contribution in [2.45, 2.75) is 38.3 Å². The van der Waals surface area contributed by atoms with Gasteiger partial charge in [-0.2, -0.15) is 0 Å². The first kappa shape index (κ1) is 12.8. The van der Waals surface area contributed by atoms with Crippen molar-refractivity contribution in [1.29, 1.82) is 0 Å². The van der Waals surface area contributed by atoms with Gasteiger partial charge in [0.05, 0.1) is 13.7 Å². The van der Waals surface area contributed by atoms with Crippen LogP contribution in [0.5, 0.6) is 0 Å². The number of carbonyl (C=O) groups is 1. The minimum Gasteiger partial charge on any atom is -0.467 e. The van der Waals surface area contributed by atoms with Crippen LogP contribution in [-0.2, 0) is 28.9 Å². The normalized spacial score (nSPS) is 17.1. The van der Waals surface area contributed by atoms with Gasteiger partial charge in [-0.25, -0.2) is 4.79 Å². The average molecular weight is 251 g/mol. The molecule has 98 valence electrons. The Labute approximate surface area is 105 Å². The number of aromatic nitrogens is 1. The van der Waals surface area contributed by atoms with Gasteiger partial charge < -0.3 is 14.4 Å². The van der Waals surface area contributed by atoms with E-state index in [1.54, 1.807) is 0 Å². The summed E-state index contributed by atoms with van der Waals surface area (Å²) in [4.78, 5) is 23.3. The van der Waals surface area contributed by atoms with E-state index in [2.05, 4.69) is 4.74 Å². The number of hydrogen-bond acceptors (Lipinski definition) is 4. The Morgan fingerprint density at radius 2 is 2.22 bits per heavy atom. The number of aryl methyl sites for hydroxylation is 1. The van der Waals surface area contributed by atoms with Crippen molar-refractivity contribution in [3.05, 3.63) is 33.7 Å². The third-order valence-electron chi connectivity index (χ3n) is 3.34. The number of nitrogens with zero attached hydrogens (tertiary/aromatic N) is 1. The summed E-state index contributed by atoms with van der Waals surface area (Å²) < 4.78 is 6.03. The van der Waals surface area contributed by atoms with Gasteiger partial charge in [-0.3, -0.25) is 4.79 Å². The summed E-state index contributed by atoms with van der Waals surface area (Å²) in [5.41, 5.74) is 0.165. The minimum absolute atomic E-state index is 0.0678. The molecule has 0 amide bonds. The molecule has 1 aliphatic rings. The molecule has 1 aromatic heterocycles. The summed E-state index contributed by atoms with van der Waals surface area (Å²) >= 11 is 0. The van der Waals surface area contributed by atoms with E-state index in [0.717, 1.165) is 30.5 Å². The minimum atomic E-state index is -1.68. The smallest absolute Gasteiger partial charge is 0.339 e. The lowest BCUT2D eigenvalue weighted by Gasteiger charge is -2.23. The first-order chi connectivity index (χ1) is 8.45. The summed E-state index contributed by atoms with van der Waals surface area (Å²) in [6, 6.07) is 3.31. The van der Waals surface area contributed by atoms with Crippen molar-refractivity contribution in [3.63, 3.8) is 0 Å². The molecule has 1 unspecified atom stereocenters. The highest BCUT2D eigenvalue weighted by atomic mass is 16.5. The predicted octanol–water partition coefficient (Wildman–Crippen LogP) is 0.261. The Morgan fingerprint density at radius 1 is 1.50 bits per heavy atom. The van der Waals surface area contributed by atoms with Gasteiger partial charge in [-0.1, -0.05) is 6.07 Å². The van der Waals surface area contributed by atoms with Gasteiger partial charge in [0.2, 0.25) is 0 Å². The molecule has 0 spiro atoms. The van der Waals surface area contributed by atoms with Crippen molar-refractivity contribution in [2.75, 3.05) is 7.11 Å². The number of pyridine rings is 1. The molecule has 1 heterocycles. The van der Waals surface area contributed by atoms with Crippen molar-refractivity contribution < 1.29 is 14.6 Å². The maximum atomic E-state index is 11.9. The Morgan fingerprint density at radius 3 is 2.89 bits per heavy atom. The maximum absolute atomic E-state index is 11.9. The van der Waals surface area contributed by atoms with E-state index in [1.807, 2.05) is 6.07 Å². The van der Waals surface area contributed by atoms with Crippen molar-refractivity contribution >= 4 is 5.97 Å². The lowest BCUT2D eigenvalue weighted by Crippen LogP contribution is -2.43. The molecular formula is C13H17NO4. The summed E-state index contributed by atoms with van der Waals surface area (Å²) in [6.45, 7) is 1.29. The highest BCUT2D eigenvalue weighted by Crippen LogP contribution is 2.21. The molecule has 5 heteroatoms. The number of fused-ring (bicyclic) bond motifs is 1. The molecule has 0 bridgehead atoms. The van der Waals surface area contributed by atoms with Crippen LogP contribution < -0.4 is 5.56 Å². The first-order valence-electron chi connectivity index (χ1n) is 5.98. The van der Waals surface area contributed by atoms with Gasteiger partial charge in [0, 0.05) is 11.8 Å². The van der Waals surface area contributed by atoms with E-state index in [0.29, 0.717) is 0 Å². The number of aliphatic hydroxyl groups is 1. The quantitative estimate of drug-likeness (QED) is 0.782. The molecule has 0 radical (unpaired) electrons. The Balaban J connectivity index is 2.38. The van der Waals surface area contributed by atoms with Crippen LogP contribution >= 0.6 is 0 Å². The Kier molecular flexibility index (Phi) is 3.26. The molecule has 5 nitrogen and oxygen atoms in total. The second-order valence-electron chi connectivity index (χ2n) is 4.85. The Bertz CT molecular complexity index is 530. The highest BCUT2D eigenvalue weighted by Gasteiger charge is 2.33. The summed E-state index contributed by atoms with van der Waals surface area (Å²) in [5.74, 6) is -0.731. The topological polar surface area (TPSA) is 68.5 Å². The van der Waals surface area contributed by atoms with Gasteiger partial charge in [0.1, 0.15) is 0 Å². The molecule has 18 heavy (non-hydrogen) atoms. The number of esters is 1. The molecular weight excluding hydrogens is 234 g/mol. The van der Waals surface area contributed by atoms with Crippen LogP contribution in [0.3, 0.4) is 0 Å². The van der Waals surface area contributed by atoms with E-state index < -0.39 is 11.6 Å². The molecule has 0 saturated carbocycles. The second-order valence-corrected chi connectivity index (χ2v) is 4.85. The largest absolute Gasteiger partial charge is 0.467 e. The van der Waals surface area contributed by atoms with Crippen LogP contribution in [0, 0.1) is 0 Å². The van der Waals surface area contributed by atoms with Crippen LogP contribution in [0.4, 0.5) is 0 Å². The maximum Gasteiger partial charge on any atom is 0.339 e. The fourth-order valence-corrected chi connectivity index (χ4v) is 2.40. The van der Waals surface area contributed by atoms with Crippen LogP contribution in [-0.4, -0.2) is 28.4 Å². The van der Waals surface area contributed by atoms with E-state index in [1.165, 1.54) is 24.7 Å². The van der Waals surface area contributed by atoms with Crippen molar-refractivity contribution in [1.82, 2.24) is 4.57 Å². The predicted molar refractivity (Wildman–Crippen MR) is 65.4 cm³/mol. The zero-order valence-corrected chi connectivity index (χ0v) is 10.6. The van der Waals surface area contributed by atoms with Gasteiger partial charge in [-0.05, 0) is 31.7 Å². The van der Waals surface area contributed by atoms with E-state index in [-0.39, 0.29) is 12.1 Å². The van der Waals surface area contributed by atoms with Gasteiger partial charge in [-0.15, -0.1) is 0 Å². The lowest BCUT2D eigenvalue weighted by molar-refractivity contribution is -0.161. The standard InChI is InChI=1S/C13H17NO4/c1-13(17,12(16)18-2)8-14-10-5-3-4-9(10)6-7-11(14)15/h6-7,17H,3-5,8H2,1-2H3. The fourth-order valence-electron chi connectivity index (χ4n) is 2.40. The van der Waals surface area contributed by atoms with Gasteiger partial charge in [0.15, 0.2) is 5.60 Å². The third-order valence-corrected chi connectivity index (χ3v) is 3.34. The molecule has 0 aliphatic heterocycles. The molecule has 0 saturated heterocycles. The summed E-state index contributed by atoms with van der Waals surface area (Å²) in [5, 5.41) is 10.1. The second kappa shape index (κ2) is 4.57. The number of ether oxygens (including phenoxy) is 1. The molecule has 1 aromatic rings. The number of carbonyl (C=O) groups excluding carboxylic acids is 1. The number of methoxy groups -OCH3 is 1. The van der Waals surface area contributed by atoms with E-state index in [9.17, 15) is 14.7 Å². The van der Waals surface area contributed by atoms with Crippen LogP contribution in [0.1, 0.15) is 24.6 Å². The van der Waals surface area contributed by atoms with Crippen LogP contribution in [0.25, 0.3) is 0 Å². The molecule has 1 aliphatic carbocycles. The fraction of sp³-hybridized carbons (Fsp3) is 0.538. The van der Waals surface area contributed by atoms with Crippen LogP contribution in [0.2, 0.25) is 0 Å². The Hall–Kier alpha value is -1.62. The molecule has 0 aromatic carbocycles.